The van der Waals surface area contributed by atoms with Crippen LogP contribution in [0.4, 0.5) is 4.39 Å². The van der Waals surface area contributed by atoms with Crippen LogP contribution in [0.15, 0.2) is 40.8 Å². The minimum atomic E-state index is -0.248. The zero-order chi connectivity index (χ0) is 10.8. The fraction of sp³-hybridized carbons (Fsp3) is 0.231. The monoisotopic (exact) mass is 204 g/mol. The Bertz CT molecular complexity index is 457. The third kappa shape index (κ3) is 1.94. The second kappa shape index (κ2) is 3.89. The first kappa shape index (κ1) is 9.97. The first-order valence-electron chi connectivity index (χ1n) is 5.03. The number of benzene rings is 1. The van der Waals surface area contributed by atoms with Gasteiger partial charge in [-0.15, -0.1) is 0 Å². The zero-order valence-electron chi connectivity index (χ0n) is 8.83. The van der Waals surface area contributed by atoms with E-state index >= 15 is 0 Å². The summed E-state index contributed by atoms with van der Waals surface area (Å²) in [6.45, 7) is 4.09. The normalized spacial score (nSPS) is 10.9. The largest absolute Gasteiger partial charge is 0.461 e. The first-order valence-corrected chi connectivity index (χ1v) is 5.03. The molecule has 1 heterocycles. The molecule has 0 radical (unpaired) electrons. The molecule has 0 unspecified atom stereocenters. The average Bonchev–Trinajstić information content (AvgIpc) is 2.67. The highest BCUT2D eigenvalue weighted by atomic mass is 19.1. The van der Waals surface area contributed by atoms with E-state index in [0.717, 1.165) is 5.76 Å². The lowest BCUT2D eigenvalue weighted by Crippen LogP contribution is -1.82. The summed E-state index contributed by atoms with van der Waals surface area (Å²) in [5.41, 5.74) is 0.518. The van der Waals surface area contributed by atoms with Crippen LogP contribution in [0, 0.1) is 5.82 Å². The predicted octanol–water partition coefficient (Wildman–Crippen LogP) is 4.21. The number of rotatable bonds is 2. The van der Waals surface area contributed by atoms with Crippen molar-refractivity contribution < 1.29 is 8.81 Å². The number of furan rings is 1. The van der Waals surface area contributed by atoms with Crippen LogP contribution < -0.4 is 0 Å². The van der Waals surface area contributed by atoms with Gasteiger partial charge in [0.15, 0.2) is 0 Å². The van der Waals surface area contributed by atoms with Crippen LogP contribution in [0.3, 0.4) is 0 Å². The molecule has 0 spiro atoms. The molecule has 0 aliphatic carbocycles. The zero-order valence-corrected chi connectivity index (χ0v) is 8.83. The van der Waals surface area contributed by atoms with Crippen molar-refractivity contribution in [1.29, 1.82) is 0 Å². The topological polar surface area (TPSA) is 13.1 Å². The average molecular weight is 204 g/mol. The van der Waals surface area contributed by atoms with E-state index in [-0.39, 0.29) is 5.82 Å². The summed E-state index contributed by atoms with van der Waals surface area (Å²) < 4.78 is 19.0. The van der Waals surface area contributed by atoms with Gasteiger partial charge in [0.05, 0.1) is 5.56 Å². The highest BCUT2D eigenvalue weighted by molar-refractivity contribution is 5.58. The van der Waals surface area contributed by atoms with Gasteiger partial charge in [-0.05, 0) is 24.3 Å². The van der Waals surface area contributed by atoms with Gasteiger partial charge in [0.2, 0.25) is 0 Å². The van der Waals surface area contributed by atoms with Crippen LogP contribution >= 0.6 is 0 Å². The molecule has 0 saturated heterocycles. The van der Waals surface area contributed by atoms with Crippen LogP contribution in [-0.4, -0.2) is 0 Å². The van der Waals surface area contributed by atoms with Crippen LogP contribution in [0.5, 0.6) is 0 Å². The number of halogens is 1. The van der Waals surface area contributed by atoms with Gasteiger partial charge < -0.3 is 4.42 Å². The molecule has 0 amide bonds. The van der Waals surface area contributed by atoms with Gasteiger partial charge in [-0.1, -0.05) is 26.0 Å². The van der Waals surface area contributed by atoms with E-state index in [1.165, 1.54) is 6.07 Å². The summed E-state index contributed by atoms with van der Waals surface area (Å²) in [5.74, 6) is 1.55. The van der Waals surface area contributed by atoms with E-state index in [9.17, 15) is 4.39 Å². The van der Waals surface area contributed by atoms with E-state index in [1.807, 2.05) is 26.0 Å². The summed E-state index contributed by atoms with van der Waals surface area (Å²) in [5, 5.41) is 0. The van der Waals surface area contributed by atoms with Crippen molar-refractivity contribution >= 4 is 0 Å². The summed E-state index contributed by atoms with van der Waals surface area (Å²) in [6, 6.07) is 10.3. The molecule has 0 N–H and O–H groups in total. The Morgan fingerprint density at radius 3 is 2.40 bits per heavy atom. The Hall–Kier alpha value is -1.57. The Kier molecular flexibility index (Phi) is 2.58. The van der Waals surface area contributed by atoms with Gasteiger partial charge in [0, 0.05) is 5.92 Å². The third-order valence-electron chi connectivity index (χ3n) is 2.34. The Labute approximate surface area is 88.5 Å². The fourth-order valence-electron chi connectivity index (χ4n) is 1.47. The lowest BCUT2D eigenvalue weighted by Gasteiger charge is -2.00. The van der Waals surface area contributed by atoms with Gasteiger partial charge in [-0.25, -0.2) is 4.39 Å². The van der Waals surface area contributed by atoms with Crippen molar-refractivity contribution in [3.63, 3.8) is 0 Å². The van der Waals surface area contributed by atoms with Crippen LogP contribution in [0.2, 0.25) is 0 Å². The molecular weight excluding hydrogens is 191 g/mol. The maximum absolute atomic E-state index is 13.4. The highest BCUT2D eigenvalue weighted by Crippen LogP contribution is 2.27. The van der Waals surface area contributed by atoms with Crippen LogP contribution in [0.25, 0.3) is 11.3 Å². The van der Waals surface area contributed by atoms with E-state index in [1.54, 1.807) is 18.2 Å². The Balaban J connectivity index is 2.42. The molecule has 0 aliphatic rings. The van der Waals surface area contributed by atoms with Crippen molar-refractivity contribution in [3.05, 3.63) is 48.0 Å². The van der Waals surface area contributed by atoms with Crippen molar-refractivity contribution in [2.24, 2.45) is 0 Å². The smallest absolute Gasteiger partial charge is 0.137 e. The van der Waals surface area contributed by atoms with Crippen molar-refractivity contribution in [1.82, 2.24) is 0 Å². The second-order valence-corrected chi connectivity index (χ2v) is 3.84. The lowest BCUT2D eigenvalue weighted by molar-refractivity contribution is 0.495. The predicted molar refractivity (Wildman–Crippen MR) is 58.2 cm³/mol. The van der Waals surface area contributed by atoms with E-state index in [2.05, 4.69) is 0 Å². The molecule has 78 valence electrons. The van der Waals surface area contributed by atoms with Crippen molar-refractivity contribution in [3.8, 4) is 11.3 Å². The minimum absolute atomic E-state index is 0.248. The molecule has 1 aromatic carbocycles. The van der Waals surface area contributed by atoms with Gasteiger partial charge in [0.25, 0.3) is 0 Å². The van der Waals surface area contributed by atoms with Gasteiger partial charge >= 0.3 is 0 Å². The molecule has 0 atom stereocenters. The molecule has 2 heteroatoms. The quantitative estimate of drug-likeness (QED) is 0.714. The maximum Gasteiger partial charge on any atom is 0.137 e. The minimum Gasteiger partial charge on any atom is -0.461 e. The molecule has 0 aliphatic heterocycles. The summed E-state index contributed by atoms with van der Waals surface area (Å²) in [6.07, 6.45) is 0. The highest BCUT2D eigenvalue weighted by Gasteiger charge is 2.10. The molecule has 1 nitrogen and oxygen atoms in total. The first-order chi connectivity index (χ1) is 7.18. The maximum atomic E-state index is 13.4. The number of hydrogen-bond donors (Lipinski definition) is 0. The Morgan fingerprint density at radius 1 is 1.07 bits per heavy atom. The molecular formula is C13H13FO. The van der Waals surface area contributed by atoms with Crippen LogP contribution in [0.1, 0.15) is 25.5 Å². The lowest BCUT2D eigenvalue weighted by atomic mass is 10.1. The molecule has 2 rings (SSSR count). The SMILES string of the molecule is CC(C)c1ccc(-c2ccccc2F)o1. The third-order valence-corrected chi connectivity index (χ3v) is 2.34. The molecule has 2 aromatic rings. The molecule has 0 saturated carbocycles. The molecule has 15 heavy (non-hydrogen) atoms. The fourth-order valence-corrected chi connectivity index (χ4v) is 1.47. The second-order valence-electron chi connectivity index (χ2n) is 3.84. The molecule has 0 fully saturated rings. The van der Waals surface area contributed by atoms with Gasteiger partial charge in [-0.2, -0.15) is 0 Å². The van der Waals surface area contributed by atoms with Crippen molar-refractivity contribution in [2.75, 3.05) is 0 Å². The molecule has 1 aromatic heterocycles. The Morgan fingerprint density at radius 2 is 1.80 bits per heavy atom. The molecule has 0 bridgehead atoms. The van der Waals surface area contributed by atoms with E-state index in [4.69, 9.17) is 4.42 Å². The standard InChI is InChI=1S/C13H13FO/c1-9(2)12-7-8-13(15-12)10-5-3-4-6-11(10)14/h3-9H,1-2H3. The van der Waals surface area contributed by atoms with Gasteiger partial charge in [-0.3, -0.25) is 0 Å². The van der Waals surface area contributed by atoms with E-state index in [0.29, 0.717) is 17.2 Å². The number of hydrogen-bond acceptors (Lipinski definition) is 1. The summed E-state index contributed by atoms with van der Waals surface area (Å²) in [7, 11) is 0. The van der Waals surface area contributed by atoms with Crippen LogP contribution in [-0.2, 0) is 0 Å². The van der Waals surface area contributed by atoms with Gasteiger partial charge in [0.1, 0.15) is 17.3 Å². The van der Waals surface area contributed by atoms with E-state index < -0.39 is 0 Å². The van der Waals surface area contributed by atoms with Crippen molar-refractivity contribution in [2.45, 2.75) is 19.8 Å². The summed E-state index contributed by atoms with van der Waals surface area (Å²) in [4.78, 5) is 0. The summed E-state index contributed by atoms with van der Waals surface area (Å²) >= 11 is 0.